The van der Waals surface area contributed by atoms with Crippen LogP contribution < -0.4 is 0 Å². The van der Waals surface area contributed by atoms with Gasteiger partial charge in [-0.3, -0.25) is 0 Å². The highest BCUT2D eigenvalue weighted by Crippen LogP contribution is 2.20. The van der Waals surface area contributed by atoms with Crippen LogP contribution in [-0.4, -0.2) is 4.98 Å². The average molecular weight is 273 g/mol. The Hall–Kier alpha value is -0.580. The van der Waals surface area contributed by atoms with Gasteiger partial charge >= 0.3 is 0 Å². The van der Waals surface area contributed by atoms with Crippen LogP contribution in [0.25, 0.3) is 11.1 Å². The highest BCUT2D eigenvalue weighted by atomic mass is 127. The van der Waals surface area contributed by atoms with E-state index in [9.17, 15) is 0 Å². The van der Waals surface area contributed by atoms with Gasteiger partial charge in [-0.15, -0.1) is 0 Å². The van der Waals surface area contributed by atoms with E-state index in [4.69, 9.17) is 4.42 Å². The van der Waals surface area contributed by atoms with Crippen molar-refractivity contribution in [3.63, 3.8) is 0 Å². The number of nitrogens with zero attached hydrogens (tertiary/aromatic N) is 1. The summed E-state index contributed by atoms with van der Waals surface area (Å²) in [5.41, 5.74) is 3.14. The van der Waals surface area contributed by atoms with E-state index in [-0.39, 0.29) is 0 Å². The second-order valence-corrected chi connectivity index (χ2v) is 3.51. The van der Waals surface area contributed by atoms with E-state index in [1.165, 1.54) is 5.56 Å². The van der Waals surface area contributed by atoms with Crippen molar-refractivity contribution in [2.24, 2.45) is 0 Å². The van der Waals surface area contributed by atoms with Crippen molar-refractivity contribution < 1.29 is 4.42 Å². The third-order valence-electron chi connectivity index (χ3n) is 1.86. The summed E-state index contributed by atoms with van der Waals surface area (Å²) >= 11 is 2.09. The Morgan fingerprint density at radius 2 is 2.33 bits per heavy atom. The maximum absolute atomic E-state index is 5.39. The van der Waals surface area contributed by atoms with Gasteiger partial charge in [0.15, 0.2) is 5.58 Å². The number of hydrogen-bond acceptors (Lipinski definition) is 2. The molecule has 0 unspecified atom stereocenters. The molecule has 0 radical (unpaired) electrons. The zero-order valence-electron chi connectivity index (χ0n) is 6.67. The van der Waals surface area contributed by atoms with Crippen LogP contribution >= 0.6 is 22.6 Å². The summed E-state index contributed by atoms with van der Waals surface area (Å²) < 4.78 is 6.10. The Balaban J connectivity index is 2.78. The van der Waals surface area contributed by atoms with E-state index in [0.717, 1.165) is 17.5 Å². The molecular weight excluding hydrogens is 265 g/mol. The number of fused-ring (bicyclic) bond motifs is 1. The smallest absolute Gasteiger partial charge is 0.258 e. The van der Waals surface area contributed by atoms with Crippen molar-refractivity contribution in [2.75, 3.05) is 0 Å². The first-order valence-electron chi connectivity index (χ1n) is 3.85. The first-order chi connectivity index (χ1) is 5.81. The van der Waals surface area contributed by atoms with Crippen molar-refractivity contribution >= 4 is 33.7 Å². The van der Waals surface area contributed by atoms with E-state index < -0.39 is 0 Å². The Bertz CT molecular complexity index is 408. The van der Waals surface area contributed by atoms with Crippen LogP contribution in [0.3, 0.4) is 0 Å². The zero-order chi connectivity index (χ0) is 8.55. The van der Waals surface area contributed by atoms with Gasteiger partial charge in [0.2, 0.25) is 0 Å². The molecule has 3 heteroatoms. The number of halogens is 1. The highest BCUT2D eigenvalue weighted by molar-refractivity contribution is 14.1. The molecule has 0 saturated carbocycles. The van der Waals surface area contributed by atoms with E-state index in [1.54, 1.807) is 0 Å². The standard InChI is InChI=1S/C9H8INO/c1-2-6-4-3-5-7-8(6)11-9(10)12-7/h3-5H,2H2,1H3. The molecule has 0 aliphatic heterocycles. The van der Waals surface area contributed by atoms with Gasteiger partial charge in [0.1, 0.15) is 5.52 Å². The molecule has 2 aromatic rings. The largest absolute Gasteiger partial charge is 0.432 e. The molecule has 0 spiro atoms. The molecule has 2 rings (SSSR count). The van der Waals surface area contributed by atoms with Crippen molar-refractivity contribution in [2.45, 2.75) is 13.3 Å². The molecule has 62 valence electrons. The van der Waals surface area contributed by atoms with E-state index in [2.05, 4.69) is 40.6 Å². The summed E-state index contributed by atoms with van der Waals surface area (Å²) in [6.07, 6.45) is 1.000. The fraction of sp³-hybridized carbons (Fsp3) is 0.222. The van der Waals surface area contributed by atoms with Gasteiger partial charge in [0.25, 0.3) is 3.90 Å². The number of benzene rings is 1. The van der Waals surface area contributed by atoms with Gasteiger partial charge in [-0.25, -0.2) is 4.98 Å². The lowest BCUT2D eigenvalue weighted by molar-refractivity contribution is 0.566. The normalized spacial score (nSPS) is 10.8. The molecule has 0 saturated heterocycles. The highest BCUT2D eigenvalue weighted by Gasteiger charge is 2.05. The van der Waals surface area contributed by atoms with Crippen molar-refractivity contribution in [1.82, 2.24) is 4.98 Å². The summed E-state index contributed by atoms with van der Waals surface area (Å²) in [6.45, 7) is 2.12. The maximum Gasteiger partial charge on any atom is 0.258 e. The zero-order valence-corrected chi connectivity index (χ0v) is 8.83. The van der Waals surface area contributed by atoms with Crippen molar-refractivity contribution in [1.29, 1.82) is 0 Å². The van der Waals surface area contributed by atoms with E-state index >= 15 is 0 Å². The minimum Gasteiger partial charge on any atom is -0.432 e. The van der Waals surface area contributed by atoms with Gasteiger partial charge in [0.05, 0.1) is 0 Å². The van der Waals surface area contributed by atoms with Crippen LogP contribution in [-0.2, 0) is 6.42 Å². The van der Waals surface area contributed by atoms with Gasteiger partial charge < -0.3 is 4.42 Å². The fourth-order valence-electron chi connectivity index (χ4n) is 1.26. The van der Waals surface area contributed by atoms with E-state index in [1.807, 2.05) is 12.1 Å². The minimum absolute atomic E-state index is 0.712. The van der Waals surface area contributed by atoms with Crippen LogP contribution in [0.15, 0.2) is 22.6 Å². The number of aryl methyl sites for hydroxylation is 1. The molecule has 1 aromatic heterocycles. The van der Waals surface area contributed by atoms with Gasteiger partial charge in [-0.05, 0) is 18.1 Å². The number of para-hydroxylation sites is 1. The molecule has 1 heterocycles. The summed E-state index contributed by atoms with van der Waals surface area (Å²) in [4.78, 5) is 4.30. The first kappa shape index (κ1) is 8.04. The lowest BCUT2D eigenvalue weighted by Gasteiger charge is -1.93. The Labute approximate surface area is 84.1 Å². The molecule has 0 atom stereocenters. The first-order valence-corrected chi connectivity index (χ1v) is 4.93. The summed E-state index contributed by atoms with van der Waals surface area (Å²) in [6, 6.07) is 6.03. The molecule has 0 N–H and O–H groups in total. The SMILES string of the molecule is CCc1cccc2oc(I)nc12. The van der Waals surface area contributed by atoms with Gasteiger partial charge in [-0.1, -0.05) is 19.1 Å². The molecule has 0 bridgehead atoms. The van der Waals surface area contributed by atoms with Crippen molar-refractivity contribution in [3.8, 4) is 0 Å². The number of rotatable bonds is 1. The number of oxazole rings is 1. The third kappa shape index (κ3) is 1.22. The average Bonchev–Trinajstić information content (AvgIpc) is 2.44. The predicted molar refractivity (Wildman–Crippen MR) is 56.1 cm³/mol. The predicted octanol–water partition coefficient (Wildman–Crippen LogP) is 2.99. The molecule has 1 aromatic carbocycles. The third-order valence-corrected chi connectivity index (χ3v) is 2.32. The quantitative estimate of drug-likeness (QED) is 0.746. The second-order valence-electron chi connectivity index (χ2n) is 2.58. The maximum atomic E-state index is 5.39. The molecule has 0 fully saturated rings. The topological polar surface area (TPSA) is 26.0 Å². The Kier molecular flexibility index (Phi) is 2.04. The lowest BCUT2D eigenvalue weighted by Crippen LogP contribution is -1.81. The number of hydrogen-bond donors (Lipinski definition) is 0. The summed E-state index contributed by atoms with van der Waals surface area (Å²) in [7, 11) is 0. The molecular formula is C9H8INO. The van der Waals surface area contributed by atoms with Crippen LogP contribution in [0.5, 0.6) is 0 Å². The Morgan fingerprint density at radius 3 is 3.08 bits per heavy atom. The van der Waals surface area contributed by atoms with Crippen LogP contribution in [0, 0.1) is 3.90 Å². The lowest BCUT2D eigenvalue weighted by atomic mass is 10.1. The van der Waals surface area contributed by atoms with Crippen LogP contribution in [0.4, 0.5) is 0 Å². The van der Waals surface area contributed by atoms with Crippen LogP contribution in [0.2, 0.25) is 0 Å². The fourth-order valence-corrected chi connectivity index (χ4v) is 1.74. The molecule has 2 nitrogen and oxygen atoms in total. The molecule has 0 amide bonds. The molecule has 0 aliphatic rings. The van der Waals surface area contributed by atoms with Gasteiger partial charge in [-0.2, -0.15) is 0 Å². The number of aromatic nitrogens is 1. The van der Waals surface area contributed by atoms with Gasteiger partial charge in [0, 0.05) is 22.6 Å². The monoisotopic (exact) mass is 273 g/mol. The summed E-state index contributed by atoms with van der Waals surface area (Å²) in [5, 5.41) is 0. The van der Waals surface area contributed by atoms with E-state index in [0.29, 0.717) is 3.90 Å². The molecule has 0 aliphatic carbocycles. The van der Waals surface area contributed by atoms with Crippen LogP contribution in [0.1, 0.15) is 12.5 Å². The summed E-state index contributed by atoms with van der Waals surface area (Å²) in [5.74, 6) is 0. The molecule has 12 heavy (non-hydrogen) atoms. The van der Waals surface area contributed by atoms with Crippen molar-refractivity contribution in [3.05, 3.63) is 27.7 Å². The Morgan fingerprint density at radius 1 is 1.50 bits per heavy atom. The minimum atomic E-state index is 0.712. The second kappa shape index (κ2) is 3.05.